The van der Waals surface area contributed by atoms with E-state index in [1.807, 2.05) is 0 Å². The lowest BCUT2D eigenvalue weighted by atomic mass is 9.54. The van der Waals surface area contributed by atoms with Crippen LogP contribution in [0.5, 0.6) is 0 Å². The van der Waals surface area contributed by atoms with Gasteiger partial charge in [0.1, 0.15) is 0 Å². The maximum absolute atomic E-state index is 2.44. The molecule has 0 spiro atoms. The first kappa shape index (κ1) is 30.7. The maximum atomic E-state index is 2.44. The zero-order chi connectivity index (χ0) is 33.6. The first-order valence-corrected chi connectivity index (χ1v) is 17.3. The molecule has 238 valence electrons. The fraction of sp³-hybridized carbons (Fsp3) is 0.125. The number of nitrogens with zero attached hydrogens (tertiary/aromatic N) is 1. The van der Waals surface area contributed by atoms with Gasteiger partial charge in [-0.3, -0.25) is 0 Å². The van der Waals surface area contributed by atoms with Crippen LogP contribution in [-0.2, 0) is 10.8 Å². The van der Waals surface area contributed by atoms with Crippen molar-refractivity contribution in [2.24, 2.45) is 0 Å². The predicted molar refractivity (Wildman–Crippen MR) is 209 cm³/mol. The summed E-state index contributed by atoms with van der Waals surface area (Å²) in [6.07, 6.45) is 0. The Morgan fingerprint density at radius 3 is 1.63 bits per heavy atom. The van der Waals surface area contributed by atoms with Crippen molar-refractivity contribution in [1.82, 2.24) is 0 Å². The summed E-state index contributed by atoms with van der Waals surface area (Å²) in [5, 5.41) is 0. The lowest BCUT2D eigenvalue weighted by Gasteiger charge is -2.49. The number of benzene rings is 7. The van der Waals surface area contributed by atoms with Gasteiger partial charge in [0.05, 0.1) is 5.69 Å². The molecule has 0 saturated heterocycles. The molecular formula is C48H41N. The van der Waals surface area contributed by atoms with Gasteiger partial charge in [-0.25, -0.2) is 0 Å². The van der Waals surface area contributed by atoms with Crippen LogP contribution >= 0.6 is 0 Å². The van der Waals surface area contributed by atoms with Crippen LogP contribution in [0.1, 0.15) is 38.8 Å². The Morgan fingerprint density at radius 2 is 0.898 bits per heavy atom. The molecule has 0 atom stereocenters. The molecule has 0 N–H and O–H groups in total. The molecule has 0 aliphatic heterocycles. The molecule has 1 nitrogen and oxygen atoms in total. The van der Waals surface area contributed by atoms with Gasteiger partial charge in [-0.1, -0.05) is 167 Å². The highest BCUT2D eigenvalue weighted by Gasteiger charge is 2.46. The van der Waals surface area contributed by atoms with Gasteiger partial charge in [0.25, 0.3) is 0 Å². The lowest BCUT2D eigenvalue weighted by molar-refractivity contribution is 0.299. The molecule has 7 aromatic rings. The third kappa shape index (κ3) is 5.18. The summed E-state index contributed by atoms with van der Waals surface area (Å²) in [6, 6.07) is 64.0. The quantitative estimate of drug-likeness (QED) is 0.176. The van der Waals surface area contributed by atoms with Gasteiger partial charge in [0.2, 0.25) is 0 Å². The molecule has 1 aliphatic carbocycles. The SMILES string of the molecule is CC1(C)c2cc(-c3ccccc3)ccc2-c2c(-c3cccc(N(c4ccccc4)c4ccccc4-c4ccccc4)c3)cccc2C1(C)C. The molecule has 8 rings (SSSR count). The zero-order valence-electron chi connectivity index (χ0n) is 28.7. The third-order valence-corrected chi connectivity index (χ3v) is 11.0. The summed E-state index contributed by atoms with van der Waals surface area (Å²) >= 11 is 0. The minimum atomic E-state index is -0.0943. The molecule has 0 saturated carbocycles. The van der Waals surface area contributed by atoms with Gasteiger partial charge >= 0.3 is 0 Å². The third-order valence-electron chi connectivity index (χ3n) is 11.0. The Bertz CT molecular complexity index is 2260. The number of rotatable bonds is 6. The summed E-state index contributed by atoms with van der Waals surface area (Å²) < 4.78 is 0. The summed E-state index contributed by atoms with van der Waals surface area (Å²) in [4.78, 5) is 2.40. The summed E-state index contributed by atoms with van der Waals surface area (Å²) in [7, 11) is 0. The van der Waals surface area contributed by atoms with E-state index in [9.17, 15) is 0 Å². The van der Waals surface area contributed by atoms with Crippen molar-refractivity contribution >= 4 is 17.1 Å². The van der Waals surface area contributed by atoms with Crippen molar-refractivity contribution in [1.29, 1.82) is 0 Å². The number of hydrogen-bond donors (Lipinski definition) is 0. The zero-order valence-corrected chi connectivity index (χ0v) is 28.7. The first-order chi connectivity index (χ1) is 23.8. The normalized spacial score (nSPS) is 14.0. The van der Waals surface area contributed by atoms with Gasteiger partial charge in [-0.15, -0.1) is 0 Å². The van der Waals surface area contributed by atoms with E-state index >= 15 is 0 Å². The Kier molecular flexibility index (Phi) is 7.57. The van der Waals surface area contributed by atoms with Crippen LogP contribution in [-0.4, -0.2) is 0 Å². The van der Waals surface area contributed by atoms with Crippen LogP contribution in [0.15, 0.2) is 176 Å². The molecule has 0 unspecified atom stereocenters. The maximum Gasteiger partial charge on any atom is 0.0540 e. The Balaban J connectivity index is 1.32. The number of fused-ring (bicyclic) bond motifs is 3. The van der Waals surface area contributed by atoms with E-state index in [2.05, 4.69) is 209 Å². The predicted octanol–water partition coefficient (Wildman–Crippen LogP) is 13.4. The fourth-order valence-corrected chi connectivity index (χ4v) is 7.71. The highest BCUT2D eigenvalue weighted by Crippen LogP contribution is 2.56. The molecule has 0 bridgehead atoms. The second kappa shape index (κ2) is 12.1. The van der Waals surface area contributed by atoms with E-state index < -0.39 is 0 Å². The van der Waals surface area contributed by atoms with Crippen molar-refractivity contribution in [3.8, 4) is 44.5 Å². The second-order valence-corrected chi connectivity index (χ2v) is 14.2. The van der Waals surface area contributed by atoms with Gasteiger partial charge < -0.3 is 4.90 Å². The second-order valence-electron chi connectivity index (χ2n) is 14.2. The van der Waals surface area contributed by atoms with Crippen molar-refractivity contribution in [2.75, 3.05) is 4.90 Å². The molecule has 1 heteroatoms. The highest BCUT2D eigenvalue weighted by molar-refractivity contribution is 5.94. The highest BCUT2D eigenvalue weighted by atomic mass is 15.1. The van der Waals surface area contributed by atoms with Crippen LogP contribution < -0.4 is 4.90 Å². The number of para-hydroxylation sites is 2. The Hall–Kier alpha value is -5.66. The van der Waals surface area contributed by atoms with Crippen molar-refractivity contribution in [3.63, 3.8) is 0 Å². The number of hydrogen-bond acceptors (Lipinski definition) is 1. The summed E-state index contributed by atoms with van der Waals surface area (Å²) in [6.45, 7) is 9.67. The average Bonchev–Trinajstić information content (AvgIpc) is 3.15. The molecule has 0 aromatic heterocycles. The molecule has 0 fully saturated rings. The fourth-order valence-electron chi connectivity index (χ4n) is 7.71. The van der Waals surface area contributed by atoms with Gasteiger partial charge in [0.15, 0.2) is 0 Å². The monoisotopic (exact) mass is 631 g/mol. The van der Waals surface area contributed by atoms with Crippen LogP contribution in [0.3, 0.4) is 0 Å². The summed E-state index contributed by atoms with van der Waals surface area (Å²) in [5.41, 5.74) is 16.1. The molecule has 0 heterocycles. The summed E-state index contributed by atoms with van der Waals surface area (Å²) in [5.74, 6) is 0. The molecule has 0 amide bonds. The molecule has 0 radical (unpaired) electrons. The minimum absolute atomic E-state index is 0.0775. The van der Waals surface area contributed by atoms with Crippen molar-refractivity contribution < 1.29 is 0 Å². The van der Waals surface area contributed by atoms with E-state index in [4.69, 9.17) is 0 Å². The van der Waals surface area contributed by atoms with Crippen LogP contribution in [0.4, 0.5) is 17.1 Å². The van der Waals surface area contributed by atoms with Crippen LogP contribution in [0.2, 0.25) is 0 Å². The average molecular weight is 632 g/mol. The lowest BCUT2D eigenvalue weighted by Crippen LogP contribution is -2.43. The van der Waals surface area contributed by atoms with Gasteiger partial charge in [-0.05, 0) is 97.3 Å². The van der Waals surface area contributed by atoms with Crippen LogP contribution in [0.25, 0.3) is 44.5 Å². The van der Waals surface area contributed by atoms with E-state index in [0.29, 0.717) is 0 Å². The largest absolute Gasteiger partial charge is 0.310 e. The van der Waals surface area contributed by atoms with Crippen molar-refractivity contribution in [2.45, 2.75) is 38.5 Å². The first-order valence-electron chi connectivity index (χ1n) is 17.3. The van der Waals surface area contributed by atoms with E-state index in [0.717, 1.165) is 17.1 Å². The van der Waals surface area contributed by atoms with Crippen LogP contribution in [0, 0.1) is 0 Å². The smallest absolute Gasteiger partial charge is 0.0540 e. The Morgan fingerprint density at radius 1 is 0.347 bits per heavy atom. The molecule has 1 aliphatic rings. The van der Waals surface area contributed by atoms with Crippen molar-refractivity contribution in [3.05, 3.63) is 187 Å². The standard InChI is InChI=1S/C48H41N/c1-47(2)43-28-17-27-41(46(43)42-31-30-36(33-44(42)48(47,3)4)34-18-8-5-9-19-34)37-22-16-25-39(32-37)49(38-23-12-7-13-24-38)45-29-15-14-26-40(45)35-20-10-6-11-21-35/h5-33H,1-4H3. The van der Waals surface area contributed by atoms with E-state index in [1.54, 1.807) is 0 Å². The van der Waals surface area contributed by atoms with Gasteiger partial charge in [0, 0.05) is 16.9 Å². The van der Waals surface area contributed by atoms with Gasteiger partial charge in [-0.2, -0.15) is 0 Å². The Labute approximate surface area is 291 Å². The molecule has 49 heavy (non-hydrogen) atoms. The minimum Gasteiger partial charge on any atom is -0.310 e. The molecule has 7 aromatic carbocycles. The molecular weight excluding hydrogens is 591 g/mol. The number of anilines is 3. The topological polar surface area (TPSA) is 3.24 Å². The van der Waals surface area contributed by atoms with E-state index in [-0.39, 0.29) is 10.8 Å². The van der Waals surface area contributed by atoms with E-state index in [1.165, 1.54) is 55.6 Å².